The number of rotatable bonds is 4. The molecule has 0 saturated carbocycles. The molecule has 5 heteroatoms. The Kier molecular flexibility index (Phi) is 4.47. The van der Waals surface area contributed by atoms with E-state index < -0.39 is 10.0 Å². The van der Waals surface area contributed by atoms with E-state index in [0.717, 1.165) is 35.3 Å². The standard InChI is InChI=1S/C16H26N2O2S/c1-7-18(15-8-17-9-15)21(19,20)16-13(5)11(3)10(2)12(4)14(16)6/h15,17H,7-9H2,1-6H3. The molecule has 1 N–H and O–H groups in total. The van der Waals surface area contributed by atoms with Gasteiger partial charge >= 0.3 is 0 Å². The summed E-state index contributed by atoms with van der Waals surface area (Å²) in [5.74, 6) is 0. The summed E-state index contributed by atoms with van der Waals surface area (Å²) < 4.78 is 28.0. The Bertz CT molecular complexity index is 632. The summed E-state index contributed by atoms with van der Waals surface area (Å²) in [7, 11) is -3.44. The molecule has 1 aromatic rings. The highest BCUT2D eigenvalue weighted by atomic mass is 32.2. The highest BCUT2D eigenvalue weighted by molar-refractivity contribution is 7.89. The van der Waals surface area contributed by atoms with Gasteiger partial charge in [-0.15, -0.1) is 0 Å². The van der Waals surface area contributed by atoms with E-state index >= 15 is 0 Å². The van der Waals surface area contributed by atoms with Crippen LogP contribution in [0.4, 0.5) is 0 Å². The van der Waals surface area contributed by atoms with Crippen LogP contribution in [-0.4, -0.2) is 38.4 Å². The number of benzene rings is 1. The highest BCUT2D eigenvalue weighted by Gasteiger charge is 2.36. The summed E-state index contributed by atoms with van der Waals surface area (Å²) in [5, 5.41) is 3.15. The second-order valence-electron chi connectivity index (χ2n) is 5.97. The van der Waals surface area contributed by atoms with E-state index in [4.69, 9.17) is 0 Å². The maximum atomic E-state index is 13.2. The van der Waals surface area contributed by atoms with Crippen LogP contribution in [0.3, 0.4) is 0 Å². The smallest absolute Gasteiger partial charge is 0.243 e. The van der Waals surface area contributed by atoms with Crippen LogP contribution in [0, 0.1) is 34.6 Å². The number of hydrogen-bond donors (Lipinski definition) is 1. The second kappa shape index (κ2) is 5.71. The third-order valence-electron chi connectivity index (χ3n) is 4.98. The largest absolute Gasteiger partial charge is 0.313 e. The van der Waals surface area contributed by atoms with E-state index in [1.54, 1.807) is 4.31 Å². The van der Waals surface area contributed by atoms with Gasteiger partial charge in [0.2, 0.25) is 10.0 Å². The summed E-state index contributed by atoms with van der Waals surface area (Å²) >= 11 is 0. The molecule has 0 radical (unpaired) electrons. The fourth-order valence-electron chi connectivity index (χ4n) is 3.07. The van der Waals surface area contributed by atoms with Crippen LogP contribution in [0.25, 0.3) is 0 Å². The van der Waals surface area contributed by atoms with Crippen molar-refractivity contribution in [3.05, 3.63) is 27.8 Å². The molecule has 21 heavy (non-hydrogen) atoms. The Morgan fingerprint density at radius 1 is 0.952 bits per heavy atom. The van der Waals surface area contributed by atoms with Crippen molar-refractivity contribution in [3.63, 3.8) is 0 Å². The molecular weight excluding hydrogens is 284 g/mol. The van der Waals surface area contributed by atoms with Gasteiger partial charge in [-0.05, 0) is 62.4 Å². The fourth-order valence-corrected chi connectivity index (χ4v) is 5.27. The molecular formula is C16H26N2O2S. The minimum Gasteiger partial charge on any atom is -0.313 e. The second-order valence-corrected chi connectivity index (χ2v) is 7.80. The van der Waals surface area contributed by atoms with Gasteiger partial charge in [0.1, 0.15) is 0 Å². The van der Waals surface area contributed by atoms with E-state index in [2.05, 4.69) is 12.2 Å². The molecule has 1 heterocycles. The molecule has 0 aromatic heterocycles. The zero-order valence-electron chi connectivity index (χ0n) is 13.9. The normalized spacial score (nSPS) is 16.3. The molecule has 2 rings (SSSR count). The summed E-state index contributed by atoms with van der Waals surface area (Å²) in [6, 6.07) is 0.0840. The molecule has 1 aliphatic rings. The van der Waals surface area contributed by atoms with E-state index in [9.17, 15) is 8.42 Å². The molecule has 118 valence electrons. The summed E-state index contributed by atoms with van der Waals surface area (Å²) in [5.41, 5.74) is 5.14. The lowest BCUT2D eigenvalue weighted by Crippen LogP contribution is -2.58. The molecule has 0 unspecified atom stereocenters. The minimum atomic E-state index is -3.44. The van der Waals surface area contributed by atoms with Crippen molar-refractivity contribution in [2.45, 2.75) is 52.5 Å². The van der Waals surface area contributed by atoms with E-state index in [-0.39, 0.29) is 6.04 Å². The molecule has 1 aromatic carbocycles. The first-order valence-electron chi connectivity index (χ1n) is 7.53. The van der Waals surface area contributed by atoms with Crippen molar-refractivity contribution < 1.29 is 8.42 Å². The van der Waals surface area contributed by atoms with Crippen molar-refractivity contribution in [1.82, 2.24) is 9.62 Å². The Labute approximate surface area is 128 Å². The topological polar surface area (TPSA) is 49.4 Å². The number of hydrogen-bond acceptors (Lipinski definition) is 3. The van der Waals surface area contributed by atoms with Gasteiger partial charge in [-0.2, -0.15) is 4.31 Å². The van der Waals surface area contributed by atoms with Crippen molar-refractivity contribution >= 4 is 10.0 Å². The number of nitrogens with one attached hydrogen (secondary N) is 1. The summed E-state index contributed by atoms with van der Waals surface area (Å²) in [6.07, 6.45) is 0. The SMILES string of the molecule is CCN(C1CNC1)S(=O)(=O)c1c(C)c(C)c(C)c(C)c1C. The van der Waals surface area contributed by atoms with E-state index in [0.29, 0.717) is 11.4 Å². The van der Waals surface area contributed by atoms with Crippen LogP contribution in [0.2, 0.25) is 0 Å². The fraction of sp³-hybridized carbons (Fsp3) is 0.625. The van der Waals surface area contributed by atoms with Crippen LogP contribution in [0.15, 0.2) is 4.90 Å². The Morgan fingerprint density at radius 2 is 1.38 bits per heavy atom. The maximum Gasteiger partial charge on any atom is 0.243 e. The molecule has 1 fully saturated rings. The van der Waals surface area contributed by atoms with Crippen LogP contribution < -0.4 is 5.32 Å². The first kappa shape index (κ1) is 16.5. The molecule has 0 aliphatic carbocycles. The minimum absolute atomic E-state index is 0.0840. The predicted octanol–water partition coefficient (Wildman–Crippen LogP) is 2.21. The van der Waals surface area contributed by atoms with Gasteiger partial charge in [-0.25, -0.2) is 8.42 Å². The monoisotopic (exact) mass is 310 g/mol. The average molecular weight is 310 g/mol. The van der Waals surface area contributed by atoms with E-state index in [1.165, 1.54) is 5.56 Å². The third-order valence-corrected chi connectivity index (χ3v) is 7.28. The lowest BCUT2D eigenvalue weighted by molar-refractivity contribution is 0.249. The molecule has 0 atom stereocenters. The van der Waals surface area contributed by atoms with Gasteiger partial charge in [-0.1, -0.05) is 6.92 Å². The Morgan fingerprint density at radius 3 is 1.71 bits per heavy atom. The number of nitrogens with zero attached hydrogens (tertiary/aromatic N) is 1. The van der Waals surface area contributed by atoms with Gasteiger partial charge in [0.25, 0.3) is 0 Å². The van der Waals surface area contributed by atoms with Gasteiger partial charge < -0.3 is 5.32 Å². The van der Waals surface area contributed by atoms with Gasteiger partial charge in [-0.3, -0.25) is 0 Å². The molecule has 1 aliphatic heterocycles. The van der Waals surface area contributed by atoms with Crippen molar-refractivity contribution in [3.8, 4) is 0 Å². The lowest BCUT2D eigenvalue weighted by atomic mass is 9.95. The van der Waals surface area contributed by atoms with Crippen molar-refractivity contribution in [2.75, 3.05) is 19.6 Å². The molecule has 0 spiro atoms. The van der Waals surface area contributed by atoms with Crippen LogP contribution in [-0.2, 0) is 10.0 Å². The van der Waals surface area contributed by atoms with Crippen LogP contribution >= 0.6 is 0 Å². The van der Waals surface area contributed by atoms with E-state index in [1.807, 2.05) is 34.6 Å². The summed E-state index contributed by atoms with van der Waals surface area (Å²) in [6.45, 7) is 13.9. The predicted molar refractivity (Wildman–Crippen MR) is 86.4 cm³/mol. The van der Waals surface area contributed by atoms with Gasteiger partial charge in [0, 0.05) is 25.7 Å². The number of likely N-dealkylation sites (N-methyl/N-ethyl adjacent to an activating group) is 1. The average Bonchev–Trinajstić information content (AvgIpc) is 2.37. The van der Waals surface area contributed by atoms with Gasteiger partial charge in [0.15, 0.2) is 0 Å². The highest BCUT2D eigenvalue weighted by Crippen LogP contribution is 2.32. The third kappa shape index (κ3) is 2.51. The molecule has 4 nitrogen and oxygen atoms in total. The molecule has 0 bridgehead atoms. The maximum absolute atomic E-state index is 13.2. The summed E-state index contributed by atoms with van der Waals surface area (Å²) in [4.78, 5) is 0.511. The Balaban J connectivity index is 2.64. The van der Waals surface area contributed by atoms with Gasteiger partial charge in [0.05, 0.1) is 4.90 Å². The van der Waals surface area contributed by atoms with Crippen molar-refractivity contribution in [1.29, 1.82) is 0 Å². The van der Waals surface area contributed by atoms with Crippen molar-refractivity contribution in [2.24, 2.45) is 0 Å². The zero-order valence-corrected chi connectivity index (χ0v) is 14.7. The first-order chi connectivity index (χ1) is 9.73. The zero-order chi connectivity index (χ0) is 15.9. The molecule has 0 amide bonds. The molecule has 1 saturated heterocycles. The number of sulfonamides is 1. The lowest BCUT2D eigenvalue weighted by Gasteiger charge is -2.37. The van der Waals surface area contributed by atoms with Crippen LogP contribution in [0.1, 0.15) is 34.7 Å². The first-order valence-corrected chi connectivity index (χ1v) is 8.97. The quantitative estimate of drug-likeness (QED) is 0.927. The Hall–Kier alpha value is -0.910. The van der Waals surface area contributed by atoms with Crippen LogP contribution in [0.5, 0.6) is 0 Å².